The third kappa shape index (κ3) is 2.34. The first-order valence-electron chi connectivity index (χ1n) is 7.01. The average molecular weight is 273 g/mol. The van der Waals surface area contributed by atoms with Crippen LogP contribution in [0.2, 0.25) is 0 Å². The third-order valence-electron chi connectivity index (χ3n) is 3.76. The lowest BCUT2D eigenvalue weighted by Gasteiger charge is -2.23. The van der Waals surface area contributed by atoms with E-state index >= 15 is 0 Å². The minimum absolute atomic E-state index is 0.0180. The second-order valence-electron chi connectivity index (χ2n) is 4.96. The van der Waals surface area contributed by atoms with Crippen molar-refractivity contribution >= 4 is 0 Å². The Hall–Kier alpha value is -1.72. The predicted octanol–water partition coefficient (Wildman–Crippen LogP) is 2.40. The van der Waals surface area contributed by atoms with Crippen LogP contribution in [0.4, 0.5) is 0 Å². The third-order valence-corrected chi connectivity index (χ3v) is 3.76. The number of hydrogen-bond acceptors (Lipinski definition) is 5. The van der Waals surface area contributed by atoms with Gasteiger partial charge in [0, 0.05) is 13.7 Å². The van der Waals surface area contributed by atoms with E-state index in [1.165, 1.54) is 11.1 Å². The van der Waals surface area contributed by atoms with Gasteiger partial charge in [-0.3, -0.25) is 0 Å². The van der Waals surface area contributed by atoms with Crippen LogP contribution in [0, 0.1) is 0 Å². The zero-order valence-corrected chi connectivity index (χ0v) is 11.8. The average Bonchev–Trinajstić information content (AvgIpc) is 2.97. The highest BCUT2D eigenvalue weighted by atomic mass is 16.5. The Morgan fingerprint density at radius 3 is 3.10 bits per heavy atom. The fourth-order valence-corrected chi connectivity index (χ4v) is 2.67. The highest BCUT2D eigenvalue weighted by molar-refractivity contribution is 5.35. The van der Waals surface area contributed by atoms with E-state index in [4.69, 9.17) is 9.26 Å². The van der Waals surface area contributed by atoms with Crippen molar-refractivity contribution in [3.05, 3.63) is 47.1 Å². The fourth-order valence-electron chi connectivity index (χ4n) is 2.67. The molecule has 3 rings (SSSR count). The number of ether oxygens (including phenoxy) is 1. The van der Waals surface area contributed by atoms with Crippen molar-refractivity contribution in [2.24, 2.45) is 0 Å². The molecule has 2 unspecified atom stereocenters. The smallest absolute Gasteiger partial charge is 0.248 e. The van der Waals surface area contributed by atoms with Gasteiger partial charge in [0.1, 0.15) is 12.1 Å². The molecule has 0 saturated carbocycles. The van der Waals surface area contributed by atoms with Crippen LogP contribution in [0.1, 0.15) is 48.3 Å². The zero-order chi connectivity index (χ0) is 13.9. The number of methoxy groups -OCH3 is 1. The summed E-state index contributed by atoms with van der Waals surface area (Å²) in [6.07, 6.45) is 1.75. The molecule has 0 saturated heterocycles. The van der Waals surface area contributed by atoms with E-state index in [2.05, 4.69) is 33.7 Å². The van der Waals surface area contributed by atoms with Gasteiger partial charge < -0.3 is 14.6 Å². The summed E-state index contributed by atoms with van der Waals surface area (Å²) in [4.78, 5) is 4.51. The second-order valence-corrected chi connectivity index (χ2v) is 4.96. The van der Waals surface area contributed by atoms with Gasteiger partial charge in [0.05, 0.1) is 0 Å². The SMILES string of the molecule is CCC(OC)c1noc(C2NCCc3ccccc32)n1. The Balaban J connectivity index is 1.91. The molecule has 5 nitrogen and oxygen atoms in total. The molecule has 20 heavy (non-hydrogen) atoms. The molecule has 2 heterocycles. The molecule has 0 fully saturated rings. The number of rotatable bonds is 4. The van der Waals surface area contributed by atoms with Crippen molar-refractivity contribution < 1.29 is 9.26 Å². The first kappa shape index (κ1) is 13.3. The number of nitrogens with one attached hydrogen (secondary N) is 1. The van der Waals surface area contributed by atoms with E-state index in [0.717, 1.165) is 19.4 Å². The summed E-state index contributed by atoms with van der Waals surface area (Å²) in [5.41, 5.74) is 2.56. The van der Waals surface area contributed by atoms with E-state index in [0.29, 0.717) is 11.7 Å². The molecule has 2 aromatic rings. The van der Waals surface area contributed by atoms with E-state index in [9.17, 15) is 0 Å². The first-order chi connectivity index (χ1) is 9.83. The summed E-state index contributed by atoms with van der Waals surface area (Å²) in [5.74, 6) is 1.23. The summed E-state index contributed by atoms with van der Waals surface area (Å²) in [5, 5.41) is 7.50. The minimum atomic E-state index is -0.105. The van der Waals surface area contributed by atoms with E-state index in [1.807, 2.05) is 13.0 Å². The molecule has 1 aliphatic heterocycles. The number of benzene rings is 1. The molecular weight excluding hydrogens is 254 g/mol. The maximum absolute atomic E-state index is 5.44. The van der Waals surface area contributed by atoms with Gasteiger partial charge in [-0.2, -0.15) is 4.98 Å². The van der Waals surface area contributed by atoms with Crippen molar-refractivity contribution in [1.29, 1.82) is 0 Å². The van der Waals surface area contributed by atoms with Crippen LogP contribution in [-0.2, 0) is 11.2 Å². The highest BCUT2D eigenvalue weighted by Crippen LogP contribution is 2.28. The number of fused-ring (bicyclic) bond motifs is 1. The summed E-state index contributed by atoms with van der Waals surface area (Å²) >= 11 is 0. The summed E-state index contributed by atoms with van der Waals surface area (Å²) in [6, 6.07) is 8.36. The van der Waals surface area contributed by atoms with Gasteiger partial charge in [0.15, 0.2) is 0 Å². The first-order valence-corrected chi connectivity index (χ1v) is 7.01. The quantitative estimate of drug-likeness (QED) is 0.927. The second kappa shape index (κ2) is 5.73. The molecule has 0 bridgehead atoms. The Bertz CT molecular complexity index is 578. The highest BCUT2D eigenvalue weighted by Gasteiger charge is 2.27. The predicted molar refractivity (Wildman–Crippen MR) is 74.3 cm³/mol. The Morgan fingerprint density at radius 1 is 1.45 bits per heavy atom. The monoisotopic (exact) mass is 273 g/mol. The van der Waals surface area contributed by atoms with Crippen LogP contribution in [0.3, 0.4) is 0 Å². The summed E-state index contributed by atoms with van der Waals surface area (Å²) < 4.78 is 10.8. The largest absolute Gasteiger partial charge is 0.373 e. The van der Waals surface area contributed by atoms with Crippen LogP contribution in [-0.4, -0.2) is 23.8 Å². The van der Waals surface area contributed by atoms with Crippen molar-refractivity contribution in [2.45, 2.75) is 31.9 Å². The van der Waals surface area contributed by atoms with Crippen molar-refractivity contribution in [3.63, 3.8) is 0 Å². The summed E-state index contributed by atoms with van der Waals surface area (Å²) in [7, 11) is 1.67. The molecule has 0 radical (unpaired) electrons. The van der Waals surface area contributed by atoms with E-state index in [-0.39, 0.29) is 12.1 Å². The summed E-state index contributed by atoms with van der Waals surface area (Å²) in [6.45, 7) is 2.96. The Labute approximate surface area is 118 Å². The number of nitrogens with zero attached hydrogens (tertiary/aromatic N) is 2. The lowest BCUT2D eigenvalue weighted by Crippen LogP contribution is -2.30. The molecule has 1 aromatic heterocycles. The molecule has 5 heteroatoms. The molecule has 2 atom stereocenters. The molecule has 1 aromatic carbocycles. The fraction of sp³-hybridized carbons (Fsp3) is 0.467. The van der Waals surface area contributed by atoms with Gasteiger partial charge in [0.25, 0.3) is 0 Å². The molecule has 1 aliphatic rings. The van der Waals surface area contributed by atoms with Crippen LogP contribution >= 0.6 is 0 Å². The normalized spacial score (nSPS) is 19.6. The van der Waals surface area contributed by atoms with Gasteiger partial charge in [0.2, 0.25) is 11.7 Å². The van der Waals surface area contributed by atoms with E-state index in [1.54, 1.807) is 7.11 Å². The van der Waals surface area contributed by atoms with Crippen LogP contribution in [0.25, 0.3) is 0 Å². The van der Waals surface area contributed by atoms with Gasteiger partial charge in [-0.1, -0.05) is 36.3 Å². The lowest BCUT2D eigenvalue weighted by molar-refractivity contribution is 0.0903. The van der Waals surface area contributed by atoms with Gasteiger partial charge in [-0.25, -0.2) is 0 Å². The van der Waals surface area contributed by atoms with Crippen molar-refractivity contribution in [2.75, 3.05) is 13.7 Å². The van der Waals surface area contributed by atoms with Gasteiger partial charge in [-0.15, -0.1) is 0 Å². The minimum Gasteiger partial charge on any atom is -0.373 e. The van der Waals surface area contributed by atoms with E-state index < -0.39 is 0 Å². The molecular formula is C15H19N3O2. The standard InChI is InChI=1S/C15H19N3O2/c1-3-12(19-2)14-17-15(20-18-14)13-11-7-5-4-6-10(11)8-9-16-13/h4-7,12-13,16H,3,8-9H2,1-2H3. The molecule has 106 valence electrons. The topological polar surface area (TPSA) is 60.2 Å². The van der Waals surface area contributed by atoms with Crippen molar-refractivity contribution in [3.8, 4) is 0 Å². The zero-order valence-electron chi connectivity index (χ0n) is 11.8. The number of hydrogen-bond donors (Lipinski definition) is 1. The maximum atomic E-state index is 5.44. The number of aromatic nitrogens is 2. The Kier molecular flexibility index (Phi) is 3.80. The van der Waals surface area contributed by atoms with Crippen LogP contribution in [0.5, 0.6) is 0 Å². The van der Waals surface area contributed by atoms with Crippen molar-refractivity contribution in [1.82, 2.24) is 15.5 Å². The van der Waals surface area contributed by atoms with Gasteiger partial charge in [-0.05, 0) is 24.0 Å². The lowest BCUT2D eigenvalue weighted by atomic mass is 9.94. The van der Waals surface area contributed by atoms with Crippen LogP contribution < -0.4 is 5.32 Å². The molecule has 0 amide bonds. The molecule has 0 aliphatic carbocycles. The maximum Gasteiger partial charge on any atom is 0.248 e. The molecule has 1 N–H and O–H groups in total. The Morgan fingerprint density at radius 2 is 2.30 bits per heavy atom. The molecule has 0 spiro atoms. The van der Waals surface area contributed by atoms with Gasteiger partial charge >= 0.3 is 0 Å². The van der Waals surface area contributed by atoms with Crippen LogP contribution in [0.15, 0.2) is 28.8 Å².